The summed E-state index contributed by atoms with van der Waals surface area (Å²) in [5.74, 6) is 1.10. The SMILES string of the molecule is CCOc1ccc(CCNC(=O)c2cc(=O)[nH][nH]2)cc1OCC. The van der Waals surface area contributed by atoms with E-state index in [-0.39, 0.29) is 17.2 Å². The summed E-state index contributed by atoms with van der Waals surface area (Å²) in [4.78, 5) is 22.8. The number of H-pyrrole nitrogens is 2. The molecule has 7 nitrogen and oxygen atoms in total. The molecule has 0 fully saturated rings. The third-order valence-electron chi connectivity index (χ3n) is 3.15. The maximum absolute atomic E-state index is 11.8. The first-order valence-corrected chi connectivity index (χ1v) is 7.58. The first-order chi connectivity index (χ1) is 11.1. The number of hydrogen-bond acceptors (Lipinski definition) is 4. The van der Waals surface area contributed by atoms with Gasteiger partial charge in [-0.05, 0) is 38.0 Å². The number of rotatable bonds is 8. The summed E-state index contributed by atoms with van der Waals surface area (Å²) in [6, 6.07) is 6.95. The number of carbonyl (C=O) groups excluding carboxylic acids is 1. The van der Waals surface area contributed by atoms with E-state index in [0.717, 1.165) is 5.56 Å². The maximum Gasteiger partial charge on any atom is 0.269 e. The Morgan fingerprint density at radius 1 is 1.09 bits per heavy atom. The monoisotopic (exact) mass is 319 g/mol. The third-order valence-corrected chi connectivity index (χ3v) is 3.15. The van der Waals surface area contributed by atoms with Crippen molar-refractivity contribution in [3.8, 4) is 11.5 Å². The Kier molecular flexibility index (Phi) is 5.85. The molecule has 0 atom stereocenters. The average molecular weight is 319 g/mol. The quantitative estimate of drug-likeness (QED) is 0.686. The molecule has 1 aromatic carbocycles. The molecule has 23 heavy (non-hydrogen) atoms. The largest absolute Gasteiger partial charge is 0.490 e. The van der Waals surface area contributed by atoms with Crippen molar-refractivity contribution in [2.45, 2.75) is 20.3 Å². The van der Waals surface area contributed by atoms with Gasteiger partial charge in [0.25, 0.3) is 11.5 Å². The Morgan fingerprint density at radius 3 is 2.48 bits per heavy atom. The highest BCUT2D eigenvalue weighted by Gasteiger charge is 2.09. The number of aromatic nitrogens is 2. The fourth-order valence-corrected chi connectivity index (χ4v) is 2.12. The standard InChI is InChI=1S/C16H21N3O4/c1-3-22-13-6-5-11(9-14(13)23-4-2)7-8-17-16(21)12-10-15(20)19-18-12/h5-6,9-10H,3-4,7-8H2,1-2H3,(H,17,21)(H2,18,19,20). The molecule has 3 N–H and O–H groups in total. The van der Waals surface area contributed by atoms with Crippen molar-refractivity contribution in [3.63, 3.8) is 0 Å². The van der Waals surface area contributed by atoms with Gasteiger partial charge >= 0.3 is 0 Å². The number of nitrogens with one attached hydrogen (secondary N) is 3. The second kappa shape index (κ2) is 8.07. The van der Waals surface area contributed by atoms with Crippen LogP contribution in [0.5, 0.6) is 11.5 Å². The molecule has 1 aromatic heterocycles. The highest BCUT2D eigenvalue weighted by molar-refractivity contribution is 5.92. The van der Waals surface area contributed by atoms with Crippen molar-refractivity contribution in [1.29, 1.82) is 0 Å². The average Bonchev–Trinajstić information content (AvgIpc) is 2.97. The molecular formula is C16H21N3O4. The number of carbonyl (C=O) groups is 1. The summed E-state index contributed by atoms with van der Waals surface area (Å²) in [6.45, 7) is 5.42. The molecule has 0 saturated carbocycles. The summed E-state index contributed by atoms with van der Waals surface area (Å²) in [5, 5.41) is 7.59. The first kappa shape index (κ1) is 16.7. The number of benzene rings is 1. The molecule has 0 aliphatic carbocycles. The first-order valence-electron chi connectivity index (χ1n) is 7.58. The number of hydrogen-bond donors (Lipinski definition) is 3. The maximum atomic E-state index is 11.8. The molecule has 0 spiro atoms. The number of ether oxygens (including phenoxy) is 2. The van der Waals surface area contributed by atoms with Gasteiger partial charge in [-0.15, -0.1) is 0 Å². The van der Waals surface area contributed by atoms with Crippen LogP contribution in [0.4, 0.5) is 0 Å². The van der Waals surface area contributed by atoms with Gasteiger partial charge in [0.1, 0.15) is 5.69 Å². The van der Waals surface area contributed by atoms with Crippen LogP contribution in [0.1, 0.15) is 29.9 Å². The van der Waals surface area contributed by atoms with Crippen LogP contribution in [0.15, 0.2) is 29.1 Å². The Hall–Kier alpha value is -2.70. The van der Waals surface area contributed by atoms with Crippen molar-refractivity contribution < 1.29 is 14.3 Å². The molecule has 1 heterocycles. The van der Waals surface area contributed by atoms with E-state index in [0.29, 0.717) is 37.7 Å². The molecule has 7 heteroatoms. The van der Waals surface area contributed by atoms with Crippen molar-refractivity contribution in [2.24, 2.45) is 0 Å². The van der Waals surface area contributed by atoms with Crippen LogP contribution in [0.25, 0.3) is 0 Å². The smallest absolute Gasteiger partial charge is 0.269 e. The van der Waals surface area contributed by atoms with Gasteiger partial charge in [0, 0.05) is 12.6 Å². The van der Waals surface area contributed by atoms with E-state index in [4.69, 9.17) is 9.47 Å². The van der Waals surface area contributed by atoms with Gasteiger partial charge in [-0.25, -0.2) is 0 Å². The zero-order valence-electron chi connectivity index (χ0n) is 13.3. The van der Waals surface area contributed by atoms with E-state index in [1.54, 1.807) is 0 Å². The van der Waals surface area contributed by atoms with Gasteiger partial charge in [0.2, 0.25) is 0 Å². The fraction of sp³-hybridized carbons (Fsp3) is 0.375. The van der Waals surface area contributed by atoms with Crippen LogP contribution in [-0.4, -0.2) is 35.9 Å². The molecule has 1 amide bonds. The van der Waals surface area contributed by atoms with Gasteiger partial charge in [-0.2, -0.15) is 0 Å². The highest BCUT2D eigenvalue weighted by atomic mass is 16.5. The Bertz CT molecular complexity index is 705. The normalized spacial score (nSPS) is 10.3. The summed E-state index contributed by atoms with van der Waals surface area (Å²) in [5.41, 5.74) is 0.916. The van der Waals surface area contributed by atoms with E-state index < -0.39 is 0 Å². The van der Waals surface area contributed by atoms with Crippen LogP contribution >= 0.6 is 0 Å². The van der Waals surface area contributed by atoms with Crippen LogP contribution in [0.2, 0.25) is 0 Å². The van der Waals surface area contributed by atoms with E-state index >= 15 is 0 Å². The van der Waals surface area contributed by atoms with E-state index in [1.807, 2.05) is 32.0 Å². The van der Waals surface area contributed by atoms with E-state index in [9.17, 15) is 9.59 Å². The van der Waals surface area contributed by atoms with Crippen molar-refractivity contribution >= 4 is 5.91 Å². The fourth-order valence-electron chi connectivity index (χ4n) is 2.12. The van der Waals surface area contributed by atoms with Crippen molar-refractivity contribution in [3.05, 3.63) is 45.9 Å². The molecule has 0 unspecified atom stereocenters. The van der Waals surface area contributed by atoms with Crippen LogP contribution in [0.3, 0.4) is 0 Å². The lowest BCUT2D eigenvalue weighted by Gasteiger charge is -2.12. The van der Waals surface area contributed by atoms with Gasteiger partial charge in [-0.1, -0.05) is 6.07 Å². The van der Waals surface area contributed by atoms with Crippen LogP contribution in [-0.2, 0) is 6.42 Å². The predicted octanol–water partition coefficient (Wildman–Crippen LogP) is 1.47. The zero-order chi connectivity index (χ0) is 16.7. The van der Waals surface area contributed by atoms with Gasteiger partial charge in [0.15, 0.2) is 11.5 Å². The van der Waals surface area contributed by atoms with E-state index in [2.05, 4.69) is 15.5 Å². The minimum atomic E-state index is -0.331. The topological polar surface area (TPSA) is 96.2 Å². The molecule has 0 radical (unpaired) electrons. The second-order valence-corrected chi connectivity index (χ2v) is 4.83. The van der Waals surface area contributed by atoms with Gasteiger partial charge in [0.05, 0.1) is 13.2 Å². The van der Waals surface area contributed by atoms with Gasteiger partial charge < -0.3 is 14.8 Å². The van der Waals surface area contributed by atoms with Crippen LogP contribution < -0.4 is 20.3 Å². The molecular weight excluding hydrogens is 298 g/mol. The molecule has 0 aliphatic rings. The predicted molar refractivity (Wildman–Crippen MR) is 86.2 cm³/mol. The highest BCUT2D eigenvalue weighted by Crippen LogP contribution is 2.28. The molecule has 2 rings (SSSR count). The third kappa shape index (κ3) is 4.64. The lowest BCUT2D eigenvalue weighted by atomic mass is 10.1. The van der Waals surface area contributed by atoms with Crippen molar-refractivity contribution in [1.82, 2.24) is 15.5 Å². The molecule has 0 aliphatic heterocycles. The molecule has 2 aromatic rings. The summed E-state index contributed by atoms with van der Waals surface area (Å²) < 4.78 is 11.1. The minimum absolute atomic E-state index is 0.219. The molecule has 0 saturated heterocycles. The Morgan fingerprint density at radius 2 is 1.83 bits per heavy atom. The van der Waals surface area contributed by atoms with Gasteiger partial charge in [-0.3, -0.25) is 19.8 Å². The summed E-state index contributed by atoms with van der Waals surface area (Å²) >= 11 is 0. The summed E-state index contributed by atoms with van der Waals surface area (Å²) in [7, 11) is 0. The zero-order valence-corrected chi connectivity index (χ0v) is 13.3. The molecule has 0 bridgehead atoms. The second-order valence-electron chi connectivity index (χ2n) is 4.83. The number of aromatic amines is 2. The van der Waals surface area contributed by atoms with Crippen molar-refractivity contribution in [2.75, 3.05) is 19.8 Å². The van der Waals surface area contributed by atoms with E-state index in [1.165, 1.54) is 6.07 Å². The lowest BCUT2D eigenvalue weighted by molar-refractivity contribution is 0.0949. The number of amides is 1. The molecule has 124 valence electrons. The minimum Gasteiger partial charge on any atom is -0.490 e. The Labute approximate surface area is 134 Å². The Balaban J connectivity index is 1.93. The lowest BCUT2D eigenvalue weighted by Crippen LogP contribution is -2.26. The van der Waals surface area contributed by atoms with Crippen LogP contribution in [0, 0.1) is 0 Å². The summed E-state index contributed by atoms with van der Waals surface area (Å²) in [6.07, 6.45) is 0.646.